The molecular weight excluding hydrogens is 194 g/mol. The van der Waals surface area contributed by atoms with Crippen LogP contribution in [0.4, 0.5) is 0 Å². The Kier molecular flexibility index (Phi) is 3.53. The Labute approximate surface area is 89.7 Å². The Morgan fingerprint density at radius 2 is 2.20 bits per heavy atom. The van der Waals surface area contributed by atoms with Crippen LogP contribution in [0.15, 0.2) is 5.70 Å². The van der Waals surface area contributed by atoms with Crippen molar-refractivity contribution in [3.05, 3.63) is 5.70 Å². The molecule has 0 aromatic heterocycles. The average Bonchev–Trinajstić information content (AvgIpc) is 2.15. The average molecular weight is 211 g/mol. The summed E-state index contributed by atoms with van der Waals surface area (Å²) >= 11 is 0. The van der Waals surface area contributed by atoms with Crippen molar-refractivity contribution in [2.75, 3.05) is 6.54 Å². The highest BCUT2D eigenvalue weighted by molar-refractivity contribution is 5.74. The summed E-state index contributed by atoms with van der Waals surface area (Å²) < 4.78 is 5.26. The summed E-state index contributed by atoms with van der Waals surface area (Å²) in [6.07, 6.45) is 1.12. The van der Waals surface area contributed by atoms with E-state index >= 15 is 0 Å². The van der Waals surface area contributed by atoms with Gasteiger partial charge >= 0.3 is 5.97 Å². The molecule has 0 aromatic carbocycles. The third kappa shape index (κ3) is 3.76. The van der Waals surface area contributed by atoms with Crippen LogP contribution in [-0.2, 0) is 14.3 Å². The molecule has 1 saturated heterocycles. The maximum absolute atomic E-state index is 11.7. The Morgan fingerprint density at radius 1 is 1.53 bits per heavy atom. The van der Waals surface area contributed by atoms with Crippen LogP contribution in [-0.4, -0.2) is 24.1 Å². The van der Waals surface area contributed by atoms with Crippen molar-refractivity contribution in [2.24, 2.45) is 5.92 Å². The minimum absolute atomic E-state index is 0.207. The van der Waals surface area contributed by atoms with E-state index in [0.29, 0.717) is 25.1 Å². The number of nitrogens with one attached hydrogen (secondary N) is 1. The van der Waals surface area contributed by atoms with Gasteiger partial charge in [0, 0.05) is 13.0 Å². The summed E-state index contributed by atoms with van der Waals surface area (Å²) in [4.78, 5) is 22.1. The number of ether oxygens (including phenoxy) is 1. The molecule has 0 spiro atoms. The highest BCUT2D eigenvalue weighted by atomic mass is 16.6. The third-order valence-electron chi connectivity index (χ3n) is 2.15. The van der Waals surface area contributed by atoms with Crippen LogP contribution in [0.25, 0.3) is 0 Å². The first kappa shape index (κ1) is 11.8. The lowest BCUT2D eigenvalue weighted by molar-refractivity contribution is -0.160. The van der Waals surface area contributed by atoms with Gasteiger partial charge in [-0.05, 0) is 27.2 Å². The van der Waals surface area contributed by atoms with E-state index in [4.69, 9.17) is 4.74 Å². The van der Waals surface area contributed by atoms with Gasteiger partial charge in [-0.2, -0.15) is 0 Å². The second-order valence-electron chi connectivity index (χ2n) is 4.73. The summed E-state index contributed by atoms with van der Waals surface area (Å²) in [6, 6.07) is 0. The van der Waals surface area contributed by atoms with Gasteiger partial charge in [-0.15, -0.1) is 0 Å². The van der Waals surface area contributed by atoms with Gasteiger partial charge in [-0.3, -0.25) is 4.79 Å². The molecule has 1 fully saturated rings. The van der Waals surface area contributed by atoms with E-state index in [9.17, 15) is 9.59 Å². The number of rotatable bonds is 1. The first-order valence-corrected chi connectivity index (χ1v) is 5.13. The lowest BCUT2D eigenvalue weighted by atomic mass is 9.96. The Balaban J connectivity index is 2.57. The summed E-state index contributed by atoms with van der Waals surface area (Å²) in [5.41, 5.74) is 0.00428. The second kappa shape index (κ2) is 4.49. The topological polar surface area (TPSA) is 55.4 Å². The predicted octanol–water partition coefficient (Wildman–Crippen LogP) is 1.04. The van der Waals surface area contributed by atoms with Crippen molar-refractivity contribution in [1.82, 2.24) is 5.32 Å². The number of esters is 1. The van der Waals surface area contributed by atoms with Crippen molar-refractivity contribution in [2.45, 2.75) is 39.2 Å². The van der Waals surface area contributed by atoms with E-state index in [-0.39, 0.29) is 11.9 Å². The van der Waals surface area contributed by atoms with Gasteiger partial charge in [0.05, 0.1) is 11.6 Å². The Morgan fingerprint density at radius 3 is 2.73 bits per heavy atom. The van der Waals surface area contributed by atoms with Gasteiger partial charge in [-0.1, -0.05) is 0 Å². The van der Waals surface area contributed by atoms with Gasteiger partial charge in [0.25, 0.3) is 0 Å². The summed E-state index contributed by atoms with van der Waals surface area (Å²) in [5.74, 6) is 1.37. The van der Waals surface area contributed by atoms with Crippen LogP contribution >= 0.6 is 0 Å². The molecule has 4 nitrogen and oxygen atoms in total. The number of carbonyl (C=O) groups excluding carboxylic acids is 2. The number of carbonyl (C=O) groups is 1. The van der Waals surface area contributed by atoms with Crippen molar-refractivity contribution >= 4 is 11.9 Å². The van der Waals surface area contributed by atoms with Crippen molar-refractivity contribution < 1.29 is 14.3 Å². The largest absolute Gasteiger partial charge is 0.460 e. The zero-order valence-electron chi connectivity index (χ0n) is 9.42. The number of hydrogen-bond donors (Lipinski definition) is 1. The molecule has 0 aromatic rings. The van der Waals surface area contributed by atoms with Crippen LogP contribution in [0.3, 0.4) is 0 Å². The van der Waals surface area contributed by atoms with E-state index in [1.54, 1.807) is 5.94 Å². The van der Waals surface area contributed by atoms with E-state index in [1.807, 2.05) is 20.8 Å². The molecule has 0 aliphatic carbocycles. The molecule has 84 valence electrons. The zero-order valence-corrected chi connectivity index (χ0v) is 9.42. The molecule has 15 heavy (non-hydrogen) atoms. The zero-order chi connectivity index (χ0) is 11.5. The Bertz CT molecular complexity index is 297. The lowest BCUT2D eigenvalue weighted by Gasteiger charge is -2.26. The Hall–Kier alpha value is -1.28. The quantitative estimate of drug-likeness (QED) is 0.520. The first-order chi connectivity index (χ1) is 6.92. The number of piperidine rings is 1. The standard InChI is InChI=1S/C11H17NO3/c1-11(2,3)15-10(14)8-4-5-12-9(6-8)7-13/h8,12H,4-6H2,1-3H3. The molecule has 1 rings (SSSR count). The van der Waals surface area contributed by atoms with E-state index in [1.165, 1.54) is 0 Å². The van der Waals surface area contributed by atoms with Gasteiger partial charge < -0.3 is 10.1 Å². The van der Waals surface area contributed by atoms with Gasteiger partial charge in [0.2, 0.25) is 0 Å². The number of allylic oxidation sites excluding steroid dienone is 1. The molecule has 1 heterocycles. The molecule has 1 unspecified atom stereocenters. The predicted molar refractivity (Wildman–Crippen MR) is 55.8 cm³/mol. The molecule has 1 N–H and O–H groups in total. The van der Waals surface area contributed by atoms with Gasteiger partial charge in [0.1, 0.15) is 11.5 Å². The highest BCUT2D eigenvalue weighted by Gasteiger charge is 2.28. The maximum atomic E-state index is 11.7. The van der Waals surface area contributed by atoms with Crippen LogP contribution < -0.4 is 5.32 Å². The third-order valence-corrected chi connectivity index (χ3v) is 2.15. The smallest absolute Gasteiger partial charge is 0.309 e. The normalized spacial score (nSPS) is 21.5. The van der Waals surface area contributed by atoms with Crippen LogP contribution in [0, 0.1) is 5.92 Å². The van der Waals surface area contributed by atoms with Gasteiger partial charge in [0.15, 0.2) is 0 Å². The minimum Gasteiger partial charge on any atom is -0.460 e. The molecular formula is C11H17NO3. The fraction of sp³-hybridized carbons (Fsp3) is 0.727. The SMILES string of the molecule is CC(C)(C)OC(=O)C1CCNC(=C=O)C1. The van der Waals surface area contributed by atoms with Gasteiger partial charge in [-0.25, -0.2) is 4.79 Å². The van der Waals surface area contributed by atoms with E-state index in [0.717, 1.165) is 0 Å². The fourth-order valence-corrected chi connectivity index (χ4v) is 1.48. The maximum Gasteiger partial charge on any atom is 0.309 e. The number of hydrogen-bond acceptors (Lipinski definition) is 4. The molecule has 0 bridgehead atoms. The molecule has 1 aliphatic heterocycles. The monoisotopic (exact) mass is 211 g/mol. The first-order valence-electron chi connectivity index (χ1n) is 5.13. The highest BCUT2D eigenvalue weighted by Crippen LogP contribution is 2.21. The minimum atomic E-state index is -0.465. The van der Waals surface area contributed by atoms with E-state index < -0.39 is 5.60 Å². The lowest BCUT2D eigenvalue weighted by Crippen LogP contribution is -2.35. The second-order valence-corrected chi connectivity index (χ2v) is 4.73. The van der Waals surface area contributed by atoms with Crippen LogP contribution in [0.1, 0.15) is 33.6 Å². The molecule has 0 amide bonds. The van der Waals surface area contributed by atoms with Crippen molar-refractivity contribution in [1.29, 1.82) is 0 Å². The molecule has 1 aliphatic rings. The van der Waals surface area contributed by atoms with Crippen molar-refractivity contribution in [3.8, 4) is 0 Å². The summed E-state index contributed by atoms with van der Waals surface area (Å²) in [6.45, 7) is 6.14. The molecule has 4 heteroatoms. The summed E-state index contributed by atoms with van der Waals surface area (Å²) in [5, 5.41) is 2.90. The van der Waals surface area contributed by atoms with Crippen molar-refractivity contribution in [3.63, 3.8) is 0 Å². The van der Waals surface area contributed by atoms with Crippen LogP contribution in [0.2, 0.25) is 0 Å². The fourth-order valence-electron chi connectivity index (χ4n) is 1.48. The molecule has 0 saturated carbocycles. The molecule has 1 atom stereocenters. The van der Waals surface area contributed by atoms with E-state index in [2.05, 4.69) is 5.32 Å². The summed E-state index contributed by atoms with van der Waals surface area (Å²) in [7, 11) is 0. The van der Waals surface area contributed by atoms with Crippen LogP contribution in [0.5, 0.6) is 0 Å². The molecule has 0 radical (unpaired) electrons.